The van der Waals surface area contributed by atoms with Gasteiger partial charge in [-0.15, -0.1) is 11.3 Å². The van der Waals surface area contributed by atoms with Crippen LogP contribution in [0.5, 0.6) is 0 Å². The fourth-order valence-corrected chi connectivity index (χ4v) is 3.78. The molecule has 0 aliphatic carbocycles. The van der Waals surface area contributed by atoms with E-state index in [9.17, 15) is 4.79 Å². The van der Waals surface area contributed by atoms with Crippen molar-refractivity contribution in [3.8, 4) is 0 Å². The monoisotopic (exact) mass is 303 g/mol. The number of nitrogens with zero attached hydrogens (tertiary/aromatic N) is 2. The Balaban J connectivity index is 1.96. The molecule has 6 heteroatoms. The second-order valence-electron chi connectivity index (χ2n) is 5.18. The van der Waals surface area contributed by atoms with Gasteiger partial charge in [0.2, 0.25) is 0 Å². The van der Waals surface area contributed by atoms with E-state index in [0.29, 0.717) is 12.1 Å². The molecule has 0 spiro atoms. The highest BCUT2D eigenvalue weighted by Crippen LogP contribution is 2.28. The maximum absolute atomic E-state index is 12.8. The van der Waals surface area contributed by atoms with Crippen molar-refractivity contribution in [1.82, 2.24) is 4.90 Å². The van der Waals surface area contributed by atoms with E-state index in [2.05, 4.69) is 5.16 Å². The molecule has 3 N–H and O–H groups in total. The van der Waals surface area contributed by atoms with E-state index in [1.807, 2.05) is 29.6 Å². The lowest BCUT2D eigenvalue weighted by atomic mass is 10.00. The average Bonchev–Trinajstić information content (AvgIpc) is 2.97. The third kappa shape index (κ3) is 2.47. The van der Waals surface area contributed by atoms with Crippen LogP contribution in [0.4, 0.5) is 0 Å². The number of rotatable bonds is 2. The molecule has 1 atom stereocenters. The van der Waals surface area contributed by atoms with Crippen LogP contribution in [0.3, 0.4) is 0 Å². The summed E-state index contributed by atoms with van der Waals surface area (Å²) in [7, 11) is 0. The fourth-order valence-electron chi connectivity index (χ4n) is 2.85. The number of likely N-dealkylation sites (tertiary alicyclic amines) is 1. The molecule has 5 nitrogen and oxygen atoms in total. The smallest absolute Gasteiger partial charge is 0.255 e. The number of fused-ring (bicyclic) bond motifs is 1. The van der Waals surface area contributed by atoms with E-state index in [-0.39, 0.29) is 17.8 Å². The van der Waals surface area contributed by atoms with E-state index in [1.165, 1.54) is 0 Å². The van der Waals surface area contributed by atoms with Crippen molar-refractivity contribution in [3.05, 3.63) is 35.2 Å². The molecule has 2 aromatic rings. The van der Waals surface area contributed by atoms with Gasteiger partial charge >= 0.3 is 0 Å². The van der Waals surface area contributed by atoms with Crippen LogP contribution >= 0.6 is 11.3 Å². The third-order valence-electron chi connectivity index (χ3n) is 3.93. The standard InChI is InChI=1S/C15H17N3O2S/c16-14(17-20)12-6-3-4-8-18(12)15(19)11-9-21-13-7-2-1-5-10(11)13/h1-2,5,7,9,12,20H,3-4,6,8H2,(H2,16,17). The minimum absolute atomic E-state index is 0.0382. The minimum atomic E-state index is -0.310. The van der Waals surface area contributed by atoms with Crippen LogP contribution in [0.25, 0.3) is 10.1 Å². The Hall–Kier alpha value is -2.08. The van der Waals surface area contributed by atoms with Gasteiger partial charge < -0.3 is 15.8 Å². The molecule has 21 heavy (non-hydrogen) atoms. The van der Waals surface area contributed by atoms with E-state index in [1.54, 1.807) is 16.2 Å². The molecule has 110 valence electrons. The highest BCUT2D eigenvalue weighted by atomic mass is 32.1. The van der Waals surface area contributed by atoms with Gasteiger partial charge in [-0.1, -0.05) is 23.4 Å². The van der Waals surface area contributed by atoms with Gasteiger partial charge in [-0.2, -0.15) is 0 Å². The van der Waals surface area contributed by atoms with Crippen molar-refractivity contribution in [2.24, 2.45) is 10.9 Å². The van der Waals surface area contributed by atoms with Crippen LogP contribution < -0.4 is 5.73 Å². The second-order valence-corrected chi connectivity index (χ2v) is 6.09. The molecule has 3 rings (SSSR count). The number of hydrogen-bond acceptors (Lipinski definition) is 4. The first-order valence-electron chi connectivity index (χ1n) is 6.97. The number of piperidine rings is 1. The Morgan fingerprint density at radius 3 is 3.00 bits per heavy atom. The number of benzene rings is 1. The van der Waals surface area contributed by atoms with Gasteiger partial charge in [0.25, 0.3) is 5.91 Å². The van der Waals surface area contributed by atoms with Crippen LogP contribution in [0.1, 0.15) is 29.6 Å². The van der Waals surface area contributed by atoms with E-state index >= 15 is 0 Å². The highest BCUT2D eigenvalue weighted by molar-refractivity contribution is 7.17. The van der Waals surface area contributed by atoms with Crippen LogP contribution in [0, 0.1) is 0 Å². The Kier molecular flexibility index (Phi) is 3.79. The Bertz CT molecular complexity index is 695. The number of amides is 1. The summed E-state index contributed by atoms with van der Waals surface area (Å²) in [4.78, 5) is 14.6. The van der Waals surface area contributed by atoms with Gasteiger partial charge in [-0.3, -0.25) is 4.79 Å². The molecule has 1 aliphatic rings. The summed E-state index contributed by atoms with van der Waals surface area (Å²) in [5, 5.41) is 14.9. The summed E-state index contributed by atoms with van der Waals surface area (Å²) in [6.45, 7) is 0.643. The van der Waals surface area contributed by atoms with Crippen LogP contribution in [-0.4, -0.2) is 34.4 Å². The lowest BCUT2D eigenvalue weighted by molar-refractivity contribution is 0.0679. The van der Waals surface area contributed by atoms with Crippen LogP contribution in [-0.2, 0) is 0 Å². The van der Waals surface area contributed by atoms with Gasteiger partial charge in [0, 0.05) is 22.0 Å². The van der Waals surface area contributed by atoms with Gasteiger partial charge in [-0.05, 0) is 25.3 Å². The summed E-state index contributed by atoms with van der Waals surface area (Å²) in [6, 6.07) is 7.56. The average molecular weight is 303 g/mol. The summed E-state index contributed by atoms with van der Waals surface area (Å²) in [6.07, 6.45) is 2.67. The molecular formula is C15H17N3O2S. The summed E-state index contributed by atoms with van der Waals surface area (Å²) < 4.78 is 1.10. The molecule has 1 fully saturated rings. The van der Waals surface area contributed by atoms with Gasteiger partial charge in [0.1, 0.15) is 0 Å². The van der Waals surface area contributed by atoms with Crippen molar-refractivity contribution < 1.29 is 10.0 Å². The molecule has 1 aliphatic heterocycles. The first kappa shape index (κ1) is 13.9. The number of carbonyl (C=O) groups excluding carboxylic acids is 1. The van der Waals surface area contributed by atoms with Crippen molar-refractivity contribution in [1.29, 1.82) is 0 Å². The second kappa shape index (κ2) is 5.73. The molecule has 0 bridgehead atoms. The predicted molar refractivity (Wildman–Crippen MR) is 83.9 cm³/mol. The maximum Gasteiger partial charge on any atom is 0.255 e. The molecule has 1 aromatic heterocycles. The summed E-state index contributed by atoms with van der Waals surface area (Å²) in [5.41, 5.74) is 6.45. The Morgan fingerprint density at radius 2 is 2.19 bits per heavy atom. The molecule has 1 unspecified atom stereocenters. The number of amidine groups is 1. The van der Waals surface area contributed by atoms with Crippen molar-refractivity contribution >= 4 is 33.2 Å². The topological polar surface area (TPSA) is 78.9 Å². The van der Waals surface area contributed by atoms with Crippen LogP contribution in [0.15, 0.2) is 34.8 Å². The number of hydrogen-bond donors (Lipinski definition) is 2. The molecule has 0 saturated carbocycles. The molecule has 1 saturated heterocycles. The zero-order valence-electron chi connectivity index (χ0n) is 11.5. The molecule has 1 amide bonds. The van der Waals surface area contributed by atoms with E-state index in [4.69, 9.17) is 10.9 Å². The van der Waals surface area contributed by atoms with Crippen molar-refractivity contribution in [2.45, 2.75) is 25.3 Å². The quantitative estimate of drug-likeness (QED) is 0.387. The largest absolute Gasteiger partial charge is 0.409 e. The number of thiophene rings is 1. The Morgan fingerprint density at radius 1 is 1.38 bits per heavy atom. The lowest BCUT2D eigenvalue weighted by Crippen LogP contribution is -2.50. The first-order chi connectivity index (χ1) is 10.2. The van der Waals surface area contributed by atoms with Crippen LogP contribution in [0.2, 0.25) is 0 Å². The molecule has 2 heterocycles. The summed E-state index contributed by atoms with van der Waals surface area (Å²) in [5.74, 6) is 0.0753. The minimum Gasteiger partial charge on any atom is -0.409 e. The van der Waals surface area contributed by atoms with E-state index in [0.717, 1.165) is 29.3 Å². The number of oxime groups is 1. The number of nitrogens with two attached hydrogens (primary N) is 1. The number of carbonyl (C=O) groups is 1. The predicted octanol–water partition coefficient (Wildman–Crippen LogP) is 2.64. The third-order valence-corrected chi connectivity index (χ3v) is 4.90. The normalized spacial score (nSPS) is 19.9. The first-order valence-corrected chi connectivity index (χ1v) is 7.85. The maximum atomic E-state index is 12.8. The lowest BCUT2D eigenvalue weighted by Gasteiger charge is -2.34. The van der Waals surface area contributed by atoms with Gasteiger partial charge in [0.05, 0.1) is 11.6 Å². The van der Waals surface area contributed by atoms with Gasteiger partial charge in [-0.25, -0.2) is 0 Å². The molecular weight excluding hydrogens is 286 g/mol. The van der Waals surface area contributed by atoms with E-state index < -0.39 is 0 Å². The fraction of sp³-hybridized carbons (Fsp3) is 0.333. The zero-order chi connectivity index (χ0) is 14.8. The molecule has 1 aromatic carbocycles. The Labute approximate surface area is 126 Å². The SMILES string of the molecule is NC(=NO)C1CCCCN1C(=O)c1csc2ccccc12. The summed E-state index contributed by atoms with van der Waals surface area (Å²) >= 11 is 1.56. The van der Waals surface area contributed by atoms with Crippen molar-refractivity contribution in [3.63, 3.8) is 0 Å². The zero-order valence-corrected chi connectivity index (χ0v) is 12.3. The molecule has 0 radical (unpaired) electrons. The highest BCUT2D eigenvalue weighted by Gasteiger charge is 2.31. The van der Waals surface area contributed by atoms with Crippen molar-refractivity contribution in [2.75, 3.05) is 6.54 Å². The van der Waals surface area contributed by atoms with Gasteiger partial charge in [0.15, 0.2) is 5.84 Å².